The van der Waals surface area contributed by atoms with Crippen LogP contribution in [0.15, 0.2) is 54.6 Å². The SMILES string of the molecule is C[C@H](N)CN1CCC(CN[C@@H]2C[C@H]2c2ccccc2)(Cc2ccc(F)cc2)CC1. The van der Waals surface area contributed by atoms with Gasteiger partial charge >= 0.3 is 0 Å². The maximum atomic E-state index is 13.4. The summed E-state index contributed by atoms with van der Waals surface area (Å²) in [5.74, 6) is 0.494. The molecule has 3 nitrogen and oxygen atoms in total. The van der Waals surface area contributed by atoms with Crippen LogP contribution in [0.4, 0.5) is 4.39 Å². The molecule has 1 aliphatic heterocycles. The normalized spacial score (nSPS) is 24.9. The molecule has 1 heterocycles. The highest BCUT2D eigenvalue weighted by Gasteiger charge is 2.41. The van der Waals surface area contributed by atoms with Crippen molar-refractivity contribution >= 4 is 0 Å². The molecule has 4 rings (SSSR count). The lowest BCUT2D eigenvalue weighted by atomic mass is 9.73. The van der Waals surface area contributed by atoms with Crippen LogP contribution < -0.4 is 11.1 Å². The number of hydrogen-bond acceptors (Lipinski definition) is 3. The van der Waals surface area contributed by atoms with E-state index in [1.54, 1.807) is 12.1 Å². The van der Waals surface area contributed by atoms with Crippen LogP contribution in [-0.4, -0.2) is 43.2 Å². The first-order chi connectivity index (χ1) is 14.0. The fraction of sp³-hybridized carbons (Fsp3) is 0.520. The second-order valence-corrected chi connectivity index (χ2v) is 9.32. The molecule has 2 aromatic rings. The van der Waals surface area contributed by atoms with Crippen LogP contribution in [0.25, 0.3) is 0 Å². The van der Waals surface area contributed by atoms with E-state index in [2.05, 4.69) is 47.5 Å². The predicted molar refractivity (Wildman–Crippen MR) is 117 cm³/mol. The molecule has 1 aliphatic carbocycles. The van der Waals surface area contributed by atoms with Gasteiger partial charge in [0.15, 0.2) is 0 Å². The summed E-state index contributed by atoms with van der Waals surface area (Å²) in [5.41, 5.74) is 8.94. The van der Waals surface area contributed by atoms with Gasteiger partial charge in [-0.05, 0) is 74.4 Å². The molecule has 0 aromatic heterocycles. The van der Waals surface area contributed by atoms with Crippen molar-refractivity contribution in [3.05, 3.63) is 71.5 Å². The monoisotopic (exact) mass is 395 g/mol. The largest absolute Gasteiger partial charge is 0.327 e. The molecule has 2 aromatic carbocycles. The van der Waals surface area contributed by atoms with Crippen molar-refractivity contribution in [2.75, 3.05) is 26.2 Å². The molecule has 0 amide bonds. The Labute approximate surface area is 174 Å². The molecule has 1 saturated heterocycles. The third-order valence-corrected chi connectivity index (χ3v) is 6.71. The highest BCUT2D eigenvalue weighted by atomic mass is 19.1. The zero-order valence-corrected chi connectivity index (χ0v) is 17.5. The van der Waals surface area contributed by atoms with Crippen molar-refractivity contribution in [3.63, 3.8) is 0 Å². The molecular weight excluding hydrogens is 361 g/mol. The Morgan fingerprint density at radius 3 is 2.45 bits per heavy atom. The second-order valence-electron chi connectivity index (χ2n) is 9.32. The molecular formula is C25H34FN3. The number of benzene rings is 2. The minimum Gasteiger partial charge on any atom is -0.327 e. The highest BCUT2D eigenvalue weighted by Crippen LogP contribution is 2.42. The van der Waals surface area contributed by atoms with Crippen LogP contribution >= 0.6 is 0 Å². The molecule has 1 saturated carbocycles. The average Bonchev–Trinajstić information content (AvgIpc) is 3.50. The minimum absolute atomic E-state index is 0.156. The Morgan fingerprint density at radius 2 is 1.79 bits per heavy atom. The maximum Gasteiger partial charge on any atom is 0.123 e. The molecule has 0 spiro atoms. The topological polar surface area (TPSA) is 41.3 Å². The van der Waals surface area contributed by atoms with Crippen LogP contribution in [0.5, 0.6) is 0 Å². The van der Waals surface area contributed by atoms with Gasteiger partial charge in [-0.15, -0.1) is 0 Å². The first kappa shape index (κ1) is 20.5. The summed E-state index contributed by atoms with van der Waals surface area (Å²) in [6.07, 6.45) is 4.56. The summed E-state index contributed by atoms with van der Waals surface area (Å²) in [4.78, 5) is 2.50. The minimum atomic E-state index is -0.156. The van der Waals surface area contributed by atoms with Gasteiger partial charge in [-0.3, -0.25) is 0 Å². The van der Waals surface area contributed by atoms with Gasteiger partial charge in [-0.2, -0.15) is 0 Å². The molecule has 0 bridgehead atoms. The van der Waals surface area contributed by atoms with E-state index in [-0.39, 0.29) is 17.3 Å². The standard InChI is InChI=1S/C25H34FN3/c1-19(27)17-29-13-11-25(12-14-29,16-20-7-9-22(26)10-8-20)18-28-24-15-23(24)21-5-3-2-4-6-21/h2-10,19,23-24,28H,11-18,27H2,1H3/t19-,23-,24+/m0/s1. The number of piperidine rings is 1. The number of rotatable bonds is 8. The quantitative estimate of drug-likeness (QED) is 0.711. The molecule has 3 N–H and O–H groups in total. The van der Waals surface area contributed by atoms with E-state index < -0.39 is 0 Å². The summed E-state index contributed by atoms with van der Waals surface area (Å²) < 4.78 is 13.4. The second kappa shape index (κ2) is 8.95. The van der Waals surface area contributed by atoms with Crippen molar-refractivity contribution < 1.29 is 4.39 Å². The number of nitrogens with one attached hydrogen (secondary N) is 1. The number of nitrogens with two attached hydrogens (primary N) is 1. The molecule has 2 fully saturated rings. The van der Waals surface area contributed by atoms with Crippen LogP contribution in [-0.2, 0) is 6.42 Å². The van der Waals surface area contributed by atoms with E-state index in [0.717, 1.165) is 45.4 Å². The van der Waals surface area contributed by atoms with Gasteiger partial charge in [0.2, 0.25) is 0 Å². The zero-order valence-electron chi connectivity index (χ0n) is 17.5. The molecule has 156 valence electrons. The predicted octanol–water partition coefficient (Wildman–Crippen LogP) is 3.94. The third kappa shape index (κ3) is 5.44. The van der Waals surface area contributed by atoms with E-state index in [4.69, 9.17) is 5.73 Å². The summed E-state index contributed by atoms with van der Waals surface area (Å²) in [5, 5.41) is 3.89. The highest BCUT2D eigenvalue weighted by molar-refractivity contribution is 5.28. The lowest BCUT2D eigenvalue weighted by Gasteiger charge is -2.43. The summed E-state index contributed by atoms with van der Waals surface area (Å²) >= 11 is 0. The van der Waals surface area contributed by atoms with Crippen molar-refractivity contribution in [3.8, 4) is 0 Å². The van der Waals surface area contributed by atoms with Crippen LogP contribution in [0, 0.1) is 11.2 Å². The molecule has 0 radical (unpaired) electrons. The number of nitrogens with zero attached hydrogens (tertiary/aromatic N) is 1. The Balaban J connectivity index is 1.39. The van der Waals surface area contributed by atoms with Gasteiger partial charge in [0.05, 0.1) is 0 Å². The van der Waals surface area contributed by atoms with E-state index in [1.165, 1.54) is 17.5 Å². The summed E-state index contributed by atoms with van der Waals surface area (Å²) in [7, 11) is 0. The fourth-order valence-corrected chi connectivity index (χ4v) is 4.91. The van der Waals surface area contributed by atoms with Gasteiger partial charge < -0.3 is 16.0 Å². The van der Waals surface area contributed by atoms with E-state index in [9.17, 15) is 4.39 Å². The summed E-state index contributed by atoms with van der Waals surface area (Å²) in [6.45, 7) is 6.27. The molecule has 0 unspecified atom stereocenters. The van der Waals surface area contributed by atoms with Crippen molar-refractivity contribution in [2.45, 2.75) is 50.6 Å². The van der Waals surface area contributed by atoms with Gasteiger partial charge in [-0.25, -0.2) is 4.39 Å². The Morgan fingerprint density at radius 1 is 1.10 bits per heavy atom. The van der Waals surface area contributed by atoms with Gasteiger partial charge in [0.25, 0.3) is 0 Å². The lowest BCUT2D eigenvalue weighted by molar-refractivity contribution is 0.0978. The maximum absolute atomic E-state index is 13.4. The first-order valence-corrected chi connectivity index (χ1v) is 11.0. The van der Waals surface area contributed by atoms with Gasteiger partial charge in [0.1, 0.15) is 5.82 Å². The van der Waals surface area contributed by atoms with E-state index in [0.29, 0.717) is 12.0 Å². The van der Waals surface area contributed by atoms with Crippen LogP contribution in [0.1, 0.15) is 43.2 Å². The Bertz CT molecular complexity index is 766. The van der Waals surface area contributed by atoms with Crippen LogP contribution in [0.3, 0.4) is 0 Å². The lowest BCUT2D eigenvalue weighted by Crippen LogP contribution is -2.49. The Hall–Kier alpha value is -1.75. The van der Waals surface area contributed by atoms with Gasteiger partial charge in [-0.1, -0.05) is 42.5 Å². The third-order valence-electron chi connectivity index (χ3n) is 6.71. The molecule has 2 aliphatic rings. The molecule has 3 atom stereocenters. The Kier molecular flexibility index (Phi) is 6.33. The summed E-state index contributed by atoms with van der Waals surface area (Å²) in [6, 6.07) is 18.7. The molecule has 29 heavy (non-hydrogen) atoms. The van der Waals surface area contributed by atoms with Crippen LogP contribution in [0.2, 0.25) is 0 Å². The number of halogens is 1. The average molecular weight is 396 g/mol. The fourth-order valence-electron chi connectivity index (χ4n) is 4.91. The van der Waals surface area contributed by atoms with Crippen molar-refractivity contribution in [1.82, 2.24) is 10.2 Å². The number of hydrogen-bond donors (Lipinski definition) is 2. The molecule has 4 heteroatoms. The van der Waals surface area contributed by atoms with E-state index >= 15 is 0 Å². The number of likely N-dealkylation sites (tertiary alicyclic amines) is 1. The zero-order chi connectivity index (χ0) is 20.3. The van der Waals surface area contributed by atoms with Gasteiger partial charge in [0, 0.05) is 31.1 Å². The van der Waals surface area contributed by atoms with E-state index in [1.807, 2.05) is 12.1 Å². The first-order valence-electron chi connectivity index (χ1n) is 11.0. The van der Waals surface area contributed by atoms with Crippen molar-refractivity contribution in [2.24, 2.45) is 11.1 Å². The smallest absolute Gasteiger partial charge is 0.123 e. The van der Waals surface area contributed by atoms with Crippen molar-refractivity contribution in [1.29, 1.82) is 0 Å².